The van der Waals surface area contributed by atoms with Crippen LogP contribution in [0.5, 0.6) is 0 Å². The topological polar surface area (TPSA) is 225 Å². The quantitative estimate of drug-likeness (QED) is 0.136. The molecule has 0 radical (unpaired) electrons. The smallest absolute Gasteiger partial charge is 0.327 e. The van der Waals surface area contributed by atoms with Crippen LogP contribution in [0.4, 0.5) is 0 Å². The van der Waals surface area contributed by atoms with Crippen LogP contribution in [0.1, 0.15) is 26.7 Å². The van der Waals surface area contributed by atoms with Crippen LogP contribution in [-0.2, 0) is 28.8 Å². The molecule has 0 aliphatic carbocycles. The Morgan fingerprint density at radius 2 is 1.13 bits per heavy atom. The van der Waals surface area contributed by atoms with Crippen molar-refractivity contribution in [2.45, 2.75) is 50.9 Å². The first-order chi connectivity index (χ1) is 13.8. The fourth-order valence-electron chi connectivity index (χ4n) is 2.07. The van der Waals surface area contributed by atoms with Crippen molar-refractivity contribution in [3.8, 4) is 0 Å². The van der Waals surface area contributed by atoms with Crippen LogP contribution in [-0.4, -0.2) is 80.9 Å². The number of thiol groups is 1. The van der Waals surface area contributed by atoms with Gasteiger partial charge in [-0.2, -0.15) is 12.6 Å². The van der Waals surface area contributed by atoms with Gasteiger partial charge in [0.05, 0.1) is 18.9 Å². The molecule has 8 N–H and O–H groups in total. The van der Waals surface area contributed by atoms with E-state index in [2.05, 4.69) is 17.9 Å². The molecule has 0 rings (SSSR count). The zero-order valence-corrected chi connectivity index (χ0v) is 17.2. The number of carboxylic acid groups (broad SMARTS) is 3. The van der Waals surface area contributed by atoms with Gasteiger partial charge in [-0.25, -0.2) is 4.79 Å². The first kappa shape index (κ1) is 27.1. The second-order valence-corrected chi connectivity index (χ2v) is 7.04. The van der Waals surface area contributed by atoms with Gasteiger partial charge in [0.2, 0.25) is 17.7 Å². The highest BCUT2D eigenvalue weighted by molar-refractivity contribution is 7.80. The van der Waals surface area contributed by atoms with Crippen LogP contribution in [0, 0.1) is 5.92 Å². The molecule has 0 heterocycles. The number of nitrogens with one attached hydrogen (secondary N) is 3. The Balaban J connectivity index is 5.48. The van der Waals surface area contributed by atoms with Gasteiger partial charge in [0.1, 0.15) is 18.1 Å². The molecular weight excluding hydrogens is 424 g/mol. The van der Waals surface area contributed by atoms with Crippen molar-refractivity contribution in [3.05, 3.63) is 0 Å². The van der Waals surface area contributed by atoms with Crippen LogP contribution in [0.2, 0.25) is 0 Å². The van der Waals surface area contributed by atoms with Crippen LogP contribution >= 0.6 is 12.6 Å². The third-order valence-electron chi connectivity index (χ3n) is 3.84. The van der Waals surface area contributed by atoms with Gasteiger partial charge < -0.3 is 37.0 Å². The molecule has 0 aliphatic heterocycles. The first-order valence-electron chi connectivity index (χ1n) is 8.74. The van der Waals surface area contributed by atoms with E-state index in [0.29, 0.717) is 0 Å². The molecule has 0 aromatic carbocycles. The van der Waals surface area contributed by atoms with Crippen molar-refractivity contribution in [1.82, 2.24) is 16.0 Å². The van der Waals surface area contributed by atoms with E-state index in [1.54, 1.807) is 13.8 Å². The number of aliphatic carboxylic acids is 3. The lowest BCUT2D eigenvalue weighted by atomic mass is 10.0. The maximum atomic E-state index is 12.5. The van der Waals surface area contributed by atoms with Crippen molar-refractivity contribution in [2.24, 2.45) is 11.7 Å². The molecule has 3 amide bonds. The summed E-state index contributed by atoms with van der Waals surface area (Å²) in [5, 5.41) is 33.1. The molecule has 0 aliphatic rings. The van der Waals surface area contributed by atoms with Gasteiger partial charge >= 0.3 is 17.9 Å². The van der Waals surface area contributed by atoms with Crippen molar-refractivity contribution < 1.29 is 44.1 Å². The average molecular weight is 450 g/mol. The van der Waals surface area contributed by atoms with E-state index in [9.17, 15) is 28.8 Å². The zero-order valence-electron chi connectivity index (χ0n) is 16.3. The van der Waals surface area contributed by atoms with E-state index in [-0.39, 0.29) is 11.7 Å². The van der Waals surface area contributed by atoms with Crippen LogP contribution in [0.15, 0.2) is 0 Å². The minimum atomic E-state index is -1.73. The van der Waals surface area contributed by atoms with Gasteiger partial charge in [-0.05, 0) is 5.92 Å². The summed E-state index contributed by atoms with van der Waals surface area (Å²) in [6, 6.07) is -5.88. The van der Waals surface area contributed by atoms with Crippen molar-refractivity contribution in [1.29, 1.82) is 0 Å². The first-order valence-corrected chi connectivity index (χ1v) is 9.37. The summed E-state index contributed by atoms with van der Waals surface area (Å²) in [5.41, 5.74) is 5.66. The number of hydrogen-bond donors (Lipinski definition) is 8. The highest BCUT2D eigenvalue weighted by Gasteiger charge is 2.32. The number of carboxylic acids is 3. The average Bonchev–Trinajstić information content (AvgIpc) is 2.62. The molecule has 4 unspecified atom stereocenters. The molecule has 0 aromatic rings. The highest BCUT2D eigenvalue weighted by atomic mass is 32.1. The molecular formula is C16H26N4O9S. The van der Waals surface area contributed by atoms with Gasteiger partial charge in [-0.1, -0.05) is 13.8 Å². The van der Waals surface area contributed by atoms with E-state index in [1.165, 1.54) is 0 Å². The number of amides is 3. The van der Waals surface area contributed by atoms with Gasteiger partial charge in [0.15, 0.2) is 0 Å². The van der Waals surface area contributed by atoms with E-state index >= 15 is 0 Å². The Hall–Kier alpha value is -2.87. The third kappa shape index (κ3) is 9.56. The highest BCUT2D eigenvalue weighted by Crippen LogP contribution is 2.03. The lowest BCUT2D eigenvalue weighted by Crippen LogP contribution is -2.58. The summed E-state index contributed by atoms with van der Waals surface area (Å²) in [6.45, 7) is 3.26. The molecule has 0 spiro atoms. The molecule has 0 bridgehead atoms. The van der Waals surface area contributed by atoms with Crippen LogP contribution < -0.4 is 21.7 Å². The molecule has 0 aromatic heterocycles. The maximum Gasteiger partial charge on any atom is 0.327 e. The van der Waals surface area contributed by atoms with Crippen molar-refractivity contribution in [2.75, 3.05) is 5.75 Å². The number of rotatable bonds is 13. The van der Waals surface area contributed by atoms with E-state index in [4.69, 9.17) is 21.1 Å². The standard InChI is InChI=1S/C16H26N4O9S/c1-6(2)12(17)15(27)19-8(4-11(23)24)13(25)18-7(3-10(21)22)14(26)20-9(5-30)16(28)29/h6-9,12,30H,3-5,17H2,1-2H3,(H,18,25)(H,19,27)(H,20,26)(H,21,22)(H,23,24)(H,28,29). The Morgan fingerprint density at radius 3 is 1.43 bits per heavy atom. The second kappa shape index (κ2) is 12.6. The fourth-order valence-corrected chi connectivity index (χ4v) is 2.32. The molecule has 30 heavy (non-hydrogen) atoms. The Morgan fingerprint density at radius 1 is 0.767 bits per heavy atom. The molecule has 170 valence electrons. The van der Waals surface area contributed by atoms with E-state index in [0.717, 1.165) is 0 Å². The monoisotopic (exact) mass is 450 g/mol. The van der Waals surface area contributed by atoms with E-state index in [1.807, 2.05) is 10.6 Å². The third-order valence-corrected chi connectivity index (χ3v) is 4.21. The van der Waals surface area contributed by atoms with Crippen LogP contribution in [0.3, 0.4) is 0 Å². The lowest BCUT2D eigenvalue weighted by molar-refractivity contribution is -0.144. The maximum absolute atomic E-state index is 12.5. The van der Waals surface area contributed by atoms with Crippen molar-refractivity contribution in [3.63, 3.8) is 0 Å². The van der Waals surface area contributed by atoms with Gasteiger partial charge in [0, 0.05) is 5.75 Å². The number of nitrogens with two attached hydrogens (primary N) is 1. The second-order valence-electron chi connectivity index (χ2n) is 6.67. The molecule has 0 fully saturated rings. The molecule has 0 saturated carbocycles. The summed E-state index contributed by atoms with van der Waals surface area (Å²) in [4.78, 5) is 69.9. The molecule has 13 nitrogen and oxygen atoms in total. The predicted molar refractivity (Wildman–Crippen MR) is 105 cm³/mol. The number of carbonyl (C=O) groups is 6. The van der Waals surface area contributed by atoms with Gasteiger partial charge in [-0.15, -0.1) is 0 Å². The molecule has 0 saturated heterocycles. The molecule has 4 atom stereocenters. The van der Waals surface area contributed by atoms with Crippen LogP contribution in [0.25, 0.3) is 0 Å². The largest absolute Gasteiger partial charge is 0.481 e. The SMILES string of the molecule is CC(C)C(N)C(=O)NC(CC(=O)O)C(=O)NC(CC(=O)O)C(=O)NC(CS)C(=O)O. The minimum absolute atomic E-state index is 0.306. The predicted octanol–water partition coefficient (Wildman–Crippen LogP) is -2.61. The van der Waals surface area contributed by atoms with Crippen molar-refractivity contribution >= 4 is 48.3 Å². The summed E-state index contributed by atoms with van der Waals surface area (Å²) in [6.07, 6.45) is -1.78. The zero-order chi connectivity index (χ0) is 23.6. The number of hydrogen-bond acceptors (Lipinski definition) is 8. The van der Waals surface area contributed by atoms with Gasteiger partial charge in [0.25, 0.3) is 0 Å². The Kier molecular flexibility index (Phi) is 11.4. The summed E-state index contributed by atoms with van der Waals surface area (Å²) >= 11 is 3.76. The fraction of sp³-hybridized carbons (Fsp3) is 0.625. The molecule has 14 heteroatoms. The summed E-state index contributed by atoms with van der Waals surface area (Å²) in [7, 11) is 0. The summed E-state index contributed by atoms with van der Waals surface area (Å²) < 4.78 is 0. The summed E-state index contributed by atoms with van der Waals surface area (Å²) in [5.74, 6) is -8.10. The number of carbonyl (C=O) groups excluding carboxylic acids is 3. The lowest BCUT2D eigenvalue weighted by Gasteiger charge is -2.24. The van der Waals surface area contributed by atoms with E-state index < -0.39 is 72.6 Å². The minimum Gasteiger partial charge on any atom is -0.481 e. The normalized spacial score (nSPS) is 14.7. The van der Waals surface area contributed by atoms with Gasteiger partial charge in [-0.3, -0.25) is 24.0 Å². The Bertz CT molecular complexity index is 686. The Labute approximate surface area is 177 Å².